The van der Waals surface area contributed by atoms with Crippen molar-refractivity contribution >= 4 is 59.7 Å². The summed E-state index contributed by atoms with van der Waals surface area (Å²) in [5, 5.41) is 9.51. The Kier molecular flexibility index (Phi) is 17.0. The molecule has 0 atom stereocenters. The second-order valence-electron chi connectivity index (χ2n) is 11.2. The average Bonchev–Trinajstić information content (AvgIpc) is 3.68. The van der Waals surface area contributed by atoms with Crippen LogP contribution in [0, 0.1) is 17.9 Å². The zero-order valence-corrected chi connectivity index (χ0v) is 32.1. The first-order chi connectivity index (χ1) is 28.0. The summed E-state index contributed by atoms with van der Waals surface area (Å²) in [7, 11) is 0. The molecule has 0 aromatic heterocycles. The molecule has 0 amide bonds. The van der Waals surface area contributed by atoms with Gasteiger partial charge in [0.25, 0.3) is 5.70 Å². The minimum Gasteiger partial charge on any atom is -0.463 e. The maximum absolute atomic E-state index is 13.2. The molecular weight excluding hydrogens is 797 g/mol. The van der Waals surface area contributed by atoms with Crippen molar-refractivity contribution in [3.63, 3.8) is 0 Å². The van der Waals surface area contributed by atoms with E-state index < -0.39 is 36.2 Å². The average molecular weight is 829 g/mol. The highest BCUT2D eigenvalue weighted by atomic mass is 32.2. The van der Waals surface area contributed by atoms with E-state index in [9.17, 15) is 34.0 Å². The molecule has 58 heavy (non-hydrogen) atoms. The number of carbonyl (C=O) groups is 6. The lowest BCUT2D eigenvalue weighted by atomic mass is 10.2. The molecule has 0 N–H and O–H groups in total. The van der Waals surface area contributed by atoms with Crippen molar-refractivity contribution in [1.29, 1.82) is 5.26 Å². The number of allylic oxidation sites excluding steroid dienone is 1. The highest BCUT2D eigenvalue weighted by Gasteiger charge is 2.30. The molecule has 0 saturated heterocycles. The third-order valence-electron chi connectivity index (χ3n) is 7.17. The van der Waals surface area contributed by atoms with Crippen LogP contribution in [0.2, 0.25) is 0 Å². The molecule has 4 rings (SSSR count). The van der Waals surface area contributed by atoms with Gasteiger partial charge in [0, 0.05) is 12.2 Å². The molecule has 0 unspecified atom stereocenters. The Balaban J connectivity index is 1.35. The number of carbonyl (C=O) groups excluding carboxylic acids is 6. The van der Waals surface area contributed by atoms with Crippen LogP contribution in [0.3, 0.4) is 0 Å². The Morgan fingerprint density at radius 3 is 1.33 bits per heavy atom. The molecule has 0 aliphatic carbocycles. The summed E-state index contributed by atoms with van der Waals surface area (Å²) in [6.07, 6.45) is 1.94. The number of hydrogen-bond acceptors (Lipinski definition) is 17. The Morgan fingerprint density at radius 1 is 0.603 bits per heavy atom. The van der Waals surface area contributed by atoms with Crippen LogP contribution in [0.1, 0.15) is 46.4 Å². The first-order valence-electron chi connectivity index (χ1n) is 17.0. The number of rotatable bonds is 18. The third-order valence-corrected chi connectivity index (χ3v) is 9.77. The van der Waals surface area contributed by atoms with Crippen LogP contribution in [0.4, 0.5) is 9.59 Å². The topological polar surface area (TPSA) is 204 Å². The van der Waals surface area contributed by atoms with Crippen LogP contribution in [0.5, 0.6) is 23.0 Å². The van der Waals surface area contributed by atoms with Crippen LogP contribution in [0.25, 0.3) is 4.85 Å². The Hall–Kier alpha value is -7.02. The molecule has 0 saturated carbocycles. The standard InChI is InChI=1S/C40H32N2O14S2/c1-4-32(43)49-20-6-8-22-51-39(47)53-27-14-10-25(11-15-27)36(45)55-30-18-19-31(35-34(30)57-38(58-35)29(24-41)42-3)56-37(46)26-12-16-28(17-13-26)54-40(48)52-23-9-7-21-50-33(44)5-2/h4-5,10-19H,1-2,6-9,20-23H2. The van der Waals surface area contributed by atoms with E-state index in [1.807, 2.05) is 6.07 Å². The van der Waals surface area contributed by atoms with E-state index in [2.05, 4.69) is 18.0 Å². The molecule has 1 aliphatic heterocycles. The normalized spacial score (nSPS) is 11.0. The molecule has 3 aromatic rings. The molecule has 0 bridgehead atoms. The van der Waals surface area contributed by atoms with E-state index in [1.54, 1.807) is 0 Å². The van der Waals surface area contributed by atoms with Gasteiger partial charge in [-0.15, -0.1) is 0 Å². The lowest BCUT2D eigenvalue weighted by Crippen LogP contribution is -2.13. The minimum atomic E-state index is -0.969. The van der Waals surface area contributed by atoms with Gasteiger partial charge in [0.2, 0.25) is 0 Å². The van der Waals surface area contributed by atoms with Crippen molar-refractivity contribution in [2.24, 2.45) is 0 Å². The first-order valence-corrected chi connectivity index (χ1v) is 18.6. The largest absolute Gasteiger partial charge is 0.513 e. The van der Waals surface area contributed by atoms with E-state index >= 15 is 0 Å². The molecule has 3 aromatic carbocycles. The number of esters is 4. The van der Waals surface area contributed by atoms with Crippen molar-refractivity contribution < 1.29 is 66.7 Å². The highest BCUT2D eigenvalue weighted by molar-refractivity contribution is 8.24. The van der Waals surface area contributed by atoms with Crippen LogP contribution >= 0.6 is 23.5 Å². The molecule has 0 spiro atoms. The van der Waals surface area contributed by atoms with Gasteiger partial charge in [0.1, 0.15) is 23.0 Å². The van der Waals surface area contributed by atoms with Gasteiger partial charge in [0.05, 0.1) is 64.2 Å². The molecule has 298 valence electrons. The van der Waals surface area contributed by atoms with Gasteiger partial charge in [0.15, 0.2) is 0 Å². The third kappa shape index (κ3) is 13.3. The number of hydrogen-bond donors (Lipinski definition) is 0. The van der Waals surface area contributed by atoms with Crippen molar-refractivity contribution in [2.45, 2.75) is 35.5 Å². The van der Waals surface area contributed by atoms with Gasteiger partial charge >= 0.3 is 36.2 Å². The van der Waals surface area contributed by atoms with Crippen LogP contribution in [0.15, 0.2) is 106 Å². The van der Waals surface area contributed by atoms with Crippen LogP contribution in [-0.4, -0.2) is 62.6 Å². The van der Waals surface area contributed by atoms with E-state index in [-0.39, 0.29) is 70.5 Å². The van der Waals surface area contributed by atoms with Gasteiger partial charge < -0.3 is 37.9 Å². The Labute approximate surface area is 340 Å². The second-order valence-corrected chi connectivity index (χ2v) is 13.5. The van der Waals surface area contributed by atoms with E-state index in [0.717, 1.165) is 35.7 Å². The van der Waals surface area contributed by atoms with Gasteiger partial charge in [-0.2, -0.15) is 0 Å². The number of ether oxygens (including phenoxy) is 8. The van der Waals surface area contributed by atoms with E-state index in [1.165, 1.54) is 60.7 Å². The zero-order chi connectivity index (χ0) is 41.9. The van der Waals surface area contributed by atoms with E-state index in [0.29, 0.717) is 35.5 Å². The zero-order valence-electron chi connectivity index (χ0n) is 30.4. The predicted octanol–water partition coefficient (Wildman–Crippen LogP) is 7.98. The number of unbranched alkanes of at least 4 members (excludes halogenated alkanes) is 2. The smallest absolute Gasteiger partial charge is 0.463 e. The molecule has 16 nitrogen and oxygen atoms in total. The highest BCUT2D eigenvalue weighted by Crippen LogP contribution is 2.59. The number of fused-ring (bicyclic) bond motifs is 1. The van der Waals surface area contributed by atoms with E-state index in [4.69, 9.17) is 44.5 Å². The predicted molar refractivity (Wildman–Crippen MR) is 205 cm³/mol. The van der Waals surface area contributed by atoms with Crippen LogP contribution < -0.4 is 18.9 Å². The number of nitriles is 1. The van der Waals surface area contributed by atoms with Gasteiger partial charge in [-0.3, -0.25) is 0 Å². The summed E-state index contributed by atoms with van der Waals surface area (Å²) in [6.45, 7) is 14.3. The molecule has 0 radical (unpaired) electrons. The molecule has 1 heterocycles. The summed E-state index contributed by atoms with van der Waals surface area (Å²) in [4.78, 5) is 76.4. The summed E-state index contributed by atoms with van der Waals surface area (Å²) in [5.41, 5.74) is -0.0328. The summed E-state index contributed by atoms with van der Waals surface area (Å²) in [5.74, 6) is -2.36. The van der Waals surface area contributed by atoms with Crippen LogP contribution in [-0.2, 0) is 28.5 Å². The van der Waals surface area contributed by atoms with Gasteiger partial charge in [-0.25, -0.2) is 38.9 Å². The fourth-order valence-corrected chi connectivity index (χ4v) is 6.84. The lowest BCUT2D eigenvalue weighted by Gasteiger charge is -2.12. The fourth-order valence-electron chi connectivity index (χ4n) is 4.37. The van der Waals surface area contributed by atoms with Crippen molar-refractivity contribution in [2.75, 3.05) is 26.4 Å². The quantitative estimate of drug-likeness (QED) is 0.0174. The minimum absolute atomic E-state index is 0.0287. The first kappa shape index (κ1) is 43.7. The van der Waals surface area contributed by atoms with Gasteiger partial charge in [-0.05, 0) is 86.3 Å². The molecule has 0 fully saturated rings. The van der Waals surface area contributed by atoms with Gasteiger partial charge in [-0.1, -0.05) is 36.7 Å². The molecule has 1 aliphatic rings. The SMILES string of the molecule is [C-]#[N+]C(C#N)=C1Sc2c(OC(=O)c3ccc(OC(=O)OCCCCOC(=O)C=C)cc3)ccc(OC(=O)c3ccc(OC(=O)OCCCCOC(=O)C=C)cc3)c2S1. The summed E-state index contributed by atoms with van der Waals surface area (Å²) >= 11 is 1.98. The molecule has 18 heteroatoms. The van der Waals surface area contributed by atoms with Crippen molar-refractivity contribution in [1.82, 2.24) is 0 Å². The maximum Gasteiger partial charge on any atom is 0.513 e. The number of nitrogens with zero attached hydrogens (tertiary/aromatic N) is 2. The van der Waals surface area contributed by atoms with Crippen molar-refractivity contribution in [3.05, 3.63) is 118 Å². The maximum atomic E-state index is 13.2. The Bertz CT molecular complexity index is 2020. The summed E-state index contributed by atoms with van der Waals surface area (Å²) in [6, 6.07) is 15.5. The fraction of sp³-hybridized carbons (Fsp3) is 0.200. The lowest BCUT2D eigenvalue weighted by molar-refractivity contribution is -0.138. The summed E-state index contributed by atoms with van der Waals surface area (Å²) < 4.78 is 41.5. The second kappa shape index (κ2) is 22.5. The Morgan fingerprint density at radius 2 is 0.983 bits per heavy atom. The monoisotopic (exact) mass is 828 g/mol. The number of benzene rings is 3. The number of thioether (sulfide) groups is 2. The molecular formula is C40H32N2O14S2. The van der Waals surface area contributed by atoms with Crippen molar-refractivity contribution in [3.8, 4) is 29.1 Å².